The van der Waals surface area contributed by atoms with Crippen LogP contribution >= 0.6 is 0 Å². The molecule has 3 heteroatoms. The Bertz CT molecular complexity index is 426. The zero-order chi connectivity index (χ0) is 15.1. The Morgan fingerprint density at radius 2 is 1.19 bits per heavy atom. The lowest BCUT2D eigenvalue weighted by Crippen LogP contribution is -2.69. The summed E-state index contributed by atoms with van der Waals surface area (Å²) in [6.45, 7) is 11.3. The third-order valence-electron chi connectivity index (χ3n) is 8.06. The fraction of sp³-hybridized carbons (Fsp3) is 1.00. The lowest BCUT2D eigenvalue weighted by molar-refractivity contribution is -0.205. The second-order valence-electron chi connectivity index (χ2n) is 9.88. The van der Waals surface area contributed by atoms with Crippen LogP contribution in [-0.4, -0.2) is 18.3 Å². The first-order chi connectivity index (χ1) is 9.64. The SMILES string of the molecule is CC1(C23CC(B4OC(C)(C)C(C)(C)O4)(C2)C3)CCCCC1. The molecule has 1 saturated heterocycles. The van der Waals surface area contributed by atoms with Crippen molar-refractivity contribution in [3.63, 3.8) is 0 Å². The van der Waals surface area contributed by atoms with Crippen LogP contribution in [0.5, 0.6) is 0 Å². The smallest absolute Gasteiger partial charge is 0.403 e. The molecular formula is C18H31BO2. The lowest BCUT2D eigenvalue weighted by atomic mass is 9.19. The van der Waals surface area contributed by atoms with Gasteiger partial charge in [0.05, 0.1) is 11.2 Å². The molecule has 0 atom stereocenters. The highest BCUT2D eigenvalue weighted by molar-refractivity contribution is 6.51. The second-order valence-corrected chi connectivity index (χ2v) is 9.88. The van der Waals surface area contributed by atoms with Gasteiger partial charge in [-0.1, -0.05) is 26.2 Å². The van der Waals surface area contributed by atoms with Crippen LogP contribution in [0.25, 0.3) is 0 Å². The van der Waals surface area contributed by atoms with Crippen LogP contribution in [0.2, 0.25) is 5.31 Å². The molecule has 2 bridgehead atoms. The van der Waals surface area contributed by atoms with Gasteiger partial charge < -0.3 is 9.31 Å². The Hall–Kier alpha value is -0.0151. The molecule has 1 aliphatic heterocycles. The van der Waals surface area contributed by atoms with Crippen molar-refractivity contribution in [3.05, 3.63) is 0 Å². The number of hydrogen-bond acceptors (Lipinski definition) is 2. The summed E-state index contributed by atoms with van der Waals surface area (Å²) in [5.74, 6) is 0. The Labute approximate surface area is 130 Å². The van der Waals surface area contributed by atoms with Crippen LogP contribution in [0.15, 0.2) is 0 Å². The highest BCUT2D eigenvalue weighted by Crippen LogP contribution is 2.86. The maximum absolute atomic E-state index is 6.35. The molecule has 5 rings (SSSR count). The topological polar surface area (TPSA) is 18.5 Å². The van der Waals surface area contributed by atoms with E-state index in [1.165, 1.54) is 51.4 Å². The molecule has 21 heavy (non-hydrogen) atoms. The number of hydrogen-bond donors (Lipinski definition) is 0. The molecule has 1 heterocycles. The molecule has 2 nitrogen and oxygen atoms in total. The zero-order valence-corrected chi connectivity index (χ0v) is 14.6. The van der Waals surface area contributed by atoms with Crippen molar-refractivity contribution < 1.29 is 9.31 Å². The van der Waals surface area contributed by atoms with Crippen LogP contribution in [-0.2, 0) is 9.31 Å². The molecule has 118 valence electrons. The average molecular weight is 290 g/mol. The summed E-state index contributed by atoms with van der Waals surface area (Å²) in [5.41, 5.74) is 0.900. The van der Waals surface area contributed by atoms with Crippen molar-refractivity contribution in [1.82, 2.24) is 0 Å². The van der Waals surface area contributed by atoms with Gasteiger partial charge in [0.2, 0.25) is 0 Å². The molecule has 5 fully saturated rings. The van der Waals surface area contributed by atoms with E-state index in [0.717, 1.165) is 0 Å². The minimum absolute atomic E-state index is 0.0385. The lowest BCUT2D eigenvalue weighted by Gasteiger charge is -2.77. The summed E-state index contributed by atoms with van der Waals surface area (Å²) in [5, 5.41) is 0.353. The minimum atomic E-state index is -0.172. The van der Waals surface area contributed by atoms with Crippen molar-refractivity contribution >= 4 is 7.12 Å². The highest BCUT2D eigenvalue weighted by atomic mass is 16.7. The van der Waals surface area contributed by atoms with Crippen molar-refractivity contribution in [2.45, 2.75) is 103 Å². The normalized spacial score (nSPS) is 45.9. The summed E-state index contributed by atoms with van der Waals surface area (Å²) in [4.78, 5) is 0. The standard InChI is InChI=1S/C18H31BO2/c1-14(2)15(3,4)21-19(20-14)18-11-17(12-18,13-18)16(5)9-7-6-8-10-16/h6-13H2,1-5H3. The summed E-state index contributed by atoms with van der Waals surface area (Å²) in [6, 6.07) is 0. The quantitative estimate of drug-likeness (QED) is 0.668. The van der Waals surface area contributed by atoms with Crippen LogP contribution in [0.4, 0.5) is 0 Å². The van der Waals surface area contributed by atoms with Crippen LogP contribution in [0.3, 0.4) is 0 Å². The molecule has 0 aromatic rings. The maximum Gasteiger partial charge on any atom is 0.464 e. The van der Waals surface area contributed by atoms with Crippen LogP contribution in [0.1, 0.15) is 86.0 Å². The van der Waals surface area contributed by atoms with E-state index in [1.807, 2.05) is 0 Å². The fourth-order valence-corrected chi connectivity index (χ4v) is 5.71. The van der Waals surface area contributed by atoms with Crippen LogP contribution < -0.4 is 0 Å². The molecule has 0 radical (unpaired) electrons. The van der Waals surface area contributed by atoms with Gasteiger partial charge in [-0.05, 0) is 70.6 Å². The van der Waals surface area contributed by atoms with E-state index >= 15 is 0 Å². The molecule has 4 saturated carbocycles. The van der Waals surface area contributed by atoms with E-state index in [-0.39, 0.29) is 18.3 Å². The molecule has 0 aromatic carbocycles. The Kier molecular flexibility index (Phi) is 2.70. The first kappa shape index (κ1) is 14.6. The highest BCUT2D eigenvalue weighted by Gasteiger charge is 2.79. The van der Waals surface area contributed by atoms with Gasteiger partial charge in [0.25, 0.3) is 0 Å². The average Bonchev–Trinajstić information content (AvgIpc) is 2.44. The largest absolute Gasteiger partial charge is 0.464 e. The molecule has 0 amide bonds. The van der Waals surface area contributed by atoms with E-state index < -0.39 is 0 Å². The van der Waals surface area contributed by atoms with E-state index in [2.05, 4.69) is 34.6 Å². The Morgan fingerprint density at radius 1 is 0.714 bits per heavy atom. The maximum atomic E-state index is 6.35. The third-order valence-corrected chi connectivity index (χ3v) is 8.06. The number of rotatable bonds is 2. The van der Waals surface area contributed by atoms with Gasteiger partial charge in [-0.2, -0.15) is 0 Å². The molecule has 0 N–H and O–H groups in total. The van der Waals surface area contributed by atoms with Gasteiger partial charge in [-0.25, -0.2) is 0 Å². The van der Waals surface area contributed by atoms with Gasteiger partial charge in [0, 0.05) is 5.31 Å². The minimum Gasteiger partial charge on any atom is -0.403 e. The molecule has 0 spiro atoms. The first-order valence-electron chi connectivity index (χ1n) is 9.00. The Morgan fingerprint density at radius 3 is 1.67 bits per heavy atom. The zero-order valence-electron chi connectivity index (χ0n) is 14.6. The molecule has 0 aromatic heterocycles. The van der Waals surface area contributed by atoms with Crippen LogP contribution in [0, 0.1) is 10.8 Å². The third kappa shape index (κ3) is 1.68. The second kappa shape index (κ2) is 3.90. The van der Waals surface area contributed by atoms with E-state index in [9.17, 15) is 0 Å². The molecule has 0 unspecified atom stereocenters. The predicted molar refractivity (Wildman–Crippen MR) is 86.3 cm³/mol. The van der Waals surface area contributed by atoms with E-state index in [0.29, 0.717) is 16.1 Å². The van der Waals surface area contributed by atoms with Crippen molar-refractivity contribution in [1.29, 1.82) is 0 Å². The van der Waals surface area contributed by atoms with Gasteiger partial charge >= 0.3 is 7.12 Å². The van der Waals surface area contributed by atoms with Gasteiger partial charge in [-0.3, -0.25) is 0 Å². The van der Waals surface area contributed by atoms with Gasteiger partial charge in [-0.15, -0.1) is 0 Å². The summed E-state index contributed by atoms with van der Waals surface area (Å²) < 4.78 is 12.7. The van der Waals surface area contributed by atoms with E-state index in [4.69, 9.17) is 9.31 Å². The molecule has 4 aliphatic carbocycles. The van der Waals surface area contributed by atoms with E-state index in [1.54, 1.807) is 0 Å². The summed E-state index contributed by atoms with van der Waals surface area (Å²) in [7, 11) is 0.0385. The van der Waals surface area contributed by atoms with Gasteiger partial charge in [0.15, 0.2) is 0 Å². The van der Waals surface area contributed by atoms with Crippen molar-refractivity contribution in [2.24, 2.45) is 10.8 Å². The first-order valence-corrected chi connectivity index (χ1v) is 9.00. The fourth-order valence-electron chi connectivity index (χ4n) is 5.71. The van der Waals surface area contributed by atoms with Gasteiger partial charge in [0.1, 0.15) is 0 Å². The van der Waals surface area contributed by atoms with Crippen molar-refractivity contribution in [3.8, 4) is 0 Å². The molecule has 5 aliphatic rings. The molecular weight excluding hydrogens is 259 g/mol. The summed E-state index contributed by atoms with van der Waals surface area (Å²) in [6.07, 6.45) is 11.3. The monoisotopic (exact) mass is 290 g/mol. The Balaban J connectivity index is 1.46. The van der Waals surface area contributed by atoms with Crippen molar-refractivity contribution in [2.75, 3.05) is 0 Å². The predicted octanol–water partition coefficient (Wildman–Crippen LogP) is 4.97. The summed E-state index contributed by atoms with van der Waals surface area (Å²) >= 11 is 0.